The minimum Gasteiger partial charge on any atom is -0.480 e. The van der Waals surface area contributed by atoms with Gasteiger partial charge in [0.15, 0.2) is 5.03 Å². The molecule has 0 spiro atoms. The zero-order valence-corrected chi connectivity index (χ0v) is 9.14. The summed E-state index contributed by atoms with van der Waals surface area (Å²) in [7, 11) is -3.76. The van der Waals surface area contributed by atoms with E-state index in [-0.39, 0.29) is 11.6 Å². The third-order valence-electron chi connectivity index (χ3n) is 2.55. The minimum atomic E-state index is -3.76. The van der Waals surface area contributed by atoms with Gasteiger partial charge in [-0.1, -0.05) is 0 Å². The number of carboxylic acid groups (broad SMARTS) is 1. The van der Waals surface area contributed by atoms with E-state index in [4.69, 9.17) is 5.11 Å². The summed E-state index contributed by atoms with van der Waals surface area (Å²) in [6, 6.07) is 0.348. The van der Waals surface area contributed by atoms with Gasteiger partial charge in [-0.15, -0.1) is 0 Å². The number of nitrogens with zero attached hydrogens (tertiary/aromatic N) is 2. The Bertz CT molecular complexity index is 481. The van der Waals surface area contributed by atoms with E-state index < -0.39 is 22.0 Å². The van der Waals surface area contributed by atoms with E-state index >= 15 is 0 Å². The van der Waals surface area contributed by atoms with E-state index in [2.05, 4.69) is 10.2 Å². The second-order valence-corrected chi connectivity index (χ2v) is 5.39. The normalized spacial score (nSPS) is 22.4. The lowest BCUT2D eigenvalue weighted by Crippen LogP contribution is -2.40. The topological polar surface area (TPSA) is 103 Å². The average molecular weight is 245 g/mol. The molecule has 0 aromatic carbocycles. The van der Waals surface area contributed by atoms with E-state index in [1.807, 2.05) is 0 Å². The number of H-pyrrole nitrogens is 1. The molecule has 16 heavy (non-hydrogen) atoms. The quantitative estimate of drug-likeness (QED) is 0.757. The van der Waals surface area contributed by atoms with Crippen LogP contribution in [0, 0.1) is 0 Å². The van der Waals surface area contributed by atoms with Gasteiger partial charge in [-0.05, 0) is 18.9 Å². The Hall–Kier alpha value is -1.41. The van der Waals surface area contributed by atoms with Crippen molar-refractivity contribution in [3.8, 4) is 0 Å². The van der Waals surface area contributed by atoms with Crippen LogP contribution in [0.1, 0.15) is 12.8 Å². The highest BCUT2D eigenvalue weighted by Crippen LogP contribution is 2.24. The largest absolute Gasteiger partial charge is 0.480 e. The smallest absolute Gasteiger partial charge is 0.322 e. The van der Waals surface area contributed by atoms with Crippen LogP contribution in [-0.2, 0) is 14.8 Å². The third kappa shape index (κ3) is 1.69. The van der Waals surface area contributed by atoms with Crippen LogP contribution in [0.3, 0.4) is 0 Å². The van der Waals surface area contributed by atoms with Crippen molar-refractivity contribution in [3.63, 3.8) is 0 Å². The fourth-order valence-corrected chi connectivity index (χ4v) is 3.34. The number of hydrogen-bond acceptors (Lipinski definition) is 4. The molecule has 0 bridgehead atoms. The first kappa shape index (κ1) is 11.1. The number of aromatic amines is 1. The zero-order valence-electron chi connectivity index (χ0n) is 8.33. The molecule has 7 nitrogen and oxygen atoms in total. The first-order chi connectivity index (χ1) is 7.53. The Morgan fingerprint density at radius 2 is 2.38 bits per heavy atom. The standard InChI is InChI=1S/C8H11N3O4S/c12-8(13)6-2-1-5-11(6)16(14,15)7-3-4-9-10-7/h3-4,6H,1-2,5H2,(H,9,10)(H,12,13)/t6-/m1/s1. The predicted octanol–water partition coefficient (Wildman–Crippen LogP) is -0.353. The molecule has 2 N–H and O–H groups in total. The van der Waals surface area contributed by atoms with Crippen LogP contribution in [0.4, 0.5) is 0 Å². The lowest BCUT2D eigenvalue weighted by Gasteiger charge is -2.19. The number of rotatable bonds is 3. The molecule has 1 atom stereocenters. The number of carbonyl (C=O) groups is 1. The number of hydrogen-bond donors (Lipinski definition) is 2. The van der Waals surface area contributed by atoms with Crippen LogP contribution in [0.15, 0.2) is 17.3 Å². The molecular weight excluding hydrogens is 234 g/mol. The number of carboxylic acids is 1. The number of nitrogens with one attached hydrogen (secondary N) is 1. The zero-order chi connectivity index (χ0) is 11.8. The van der Waals surface area contributed by atoms with Crippen molar-refractivity contribution in [1.29, 1.82) is 0 Å². The number of aliphatic carboxylic acids is 1. The summed E-state index contributed by atoms with van der Waals surface area (Å²) < 4.78 is 25.0. The Morgan fingerprint density at radius 1 is 1.62 bits per heavy atom. The second kappa shape index (κ2) is 3.87. The summed E-state index contributed by atoms with van der Waals surface area (Å²) in [6.07, 6.45) is 2.23. The maximum absolute atomic E-state index is 12.0. The van der Waals surface area contributed by atoms with Crippen molar-refractivity contribution in [2.75, 3.05) is 6.54 Å². The number of sulfonamides is 1. The van der Waals surface area contributed by atoms with Crippen LogP contribution in [0.2, 0.25) is 0 Å². The summed E-state index contributed by atoms with van der Waals surface area (Å²) in [5.41, 5.74) is 0. The van der Waals surface area contributed by atoms with Crippen LogP contribution in [0.25, 0.3) is 0 Å². The van der Waals surface area contributed by atoms with E-state index in [1.54, 1.807) is 0 Å². The molecule has 1 aliphatic rings. The maximum Gasteiger partial charge on any atom is 0.322 e. The Labute approximate surface area is 92.1 Å². The van der Waals surface area contributed by atoms with Gasteiger partial charge in [0.05, 0.1) is 6.20 Å². The molecule has 1 saturated heterocycles. The molecule has 1 aromatic heterocycles. The first-order valence-electron chi connectivity index (χ1n) is 4.77. The van der Waals surface area contributed by atoms with Crippen molar-refractivity contribution >= 4 is 16.0 Å². The van der Waals surface area contributed by atoms with Gasteiger partial charge in [0.25, 0.3) is 10.0 Å². The van der Waals surface area contributed by atoms with E-state index in [0.717, 1.165) is 4.31 Å². The highest BCUT2D eigenvalue weighted by Gasteiger charge is 2.39. The third-order valence-corrected chi connectivity index (χ3v) is 4.39. The summed E-state index contributed by atoms with van der Waals surface area (Å²) in [5.74, 6) is -1.11. The lowest BCUT2D eigenvalue weighted by atomic mass is 10.2. The van der Waals surface area contributed by atoms with Crippen molar-refractivity contribution < 1.29 is 18.3 Å². The molecule has 88 valence electrons. The van der Waals surface area contributed by atoms with E-state index in [9.17, 15) is 13.2 Å². The minimum absolute atomic E-state index is 0.0688. The summed E-state index contributed by atoms with van der Waals surface area (Å²) in [4.78, 5) is 10.9. The molecule has 1 aliphatic heterocycles. The van der Waals surface area contributed by atoms with Crippen LogP contribution >= 0.6 is 0 Å². The van der Waals surface area contributed by atoms with Gasteiger partial charge >= 0.3 is 5.97 Å². The molecule has 2 heterocycles. The van der Waals surface area contributed by atoms with Gasteiger partial charge in [-0.3, -0.25) is 9.89 Å². The van der Waals surface area contributed by atoms with E-state index in [1.165, 1.54) is 12.3 Å². The van der Waals surface area contributed by atoms with Gasteiger partial charge in [0.1, 0.15) is 6.04 Å². The molecule has 0 unspecified atom stereocenters. The maximum atomic E-state index is 12.0. The predicted molar refractivity (Wildman–Crippen MR) is 53.1 cm³/mol. The average Bonchev–Trinajstić information content (AvgIpc) is 2.89. The molecule has 0 amide bonds. The van der Waals surface area contributed by atoms with Gasteiger partial charge in [0.2, 0.25) is 0 Å². The van der Waals surface area contributed by atoms with Crippen molar-refractivity contribution in [2.24, 2.45) is 0 Å². The van der Waals surface area contributed by atoms with Crippen molar-refractivity contribution in [2.45, 2.75) is 23.9 Å². The molecule has 0 radical (unpaired) electrons. The van der Waals surface area contributed by atoms with E-state index in [0.29, 0.717) is 12.8 Å². The summed E-state index contributed by atoms with van der Waals surface area (Å²) in [6.45, 7) is 0.234. The number of aromatic nitrogens is 2. The molecule has 8 heteroatoms. The van der Waals surface area contributed by atoms with Gasteiger partial charge in [0, 0.05) is 6.54 Å². The summed E-state index contributed by atoms with van der Waals surface area (Å²) >= 11 is 0. The Balaban J connectivity index is 2.34. The fourth-order valence-electron chi connectivity index (χ4n) is 1.79. The molecular formula is C8H11N3O4S. The highest BCUT2D eigenvalue weighted by atomic mass is 32.2. The molecule has 2 rings (SSSR count). The molecule has 1 aromatic rings. The highest BCUT2D eigenvalue weighted by molar-refractivity contribution is 7.89. The van der Waals surface area contributed by atoms with Crippen molar-refractivity contribution in [3.05, 3.63) is 12.3 Å². The summed E-state index contributed by atoms with van der Waals surface area (Å²) in [5, 5.41) is 14.7. The SMILES string of the molecule is O=C(O)[C@H]1CCCN1S(=O)(=O)c1ccn[nH]1. The Morgan fingerprint density at radius 3 is 2.94 bits per heavy atom. The monoisotopic (exact) mass is 245 g/mol. The van der Waals surface area contributed by atoms with Gasteiger partial charge in [-0.2, -0.15) is 9.40 Å². The van der Waals surface area contributed by atoms with Gasteiger partial charge < -0.3 is 5.11 Å². The molecule has 1 fully saturated rings. The van der Waals surface area contributed by atoms with Crippen LogP contribution in [0.5, 0.6) is 0 Å². The first-order valence-corrected chi connectivity index (χ1v) is 6.21. The fraction of sp³-hybridized carbons (Fsp3) is 0.500. The van der Waals surface area contributed by atoms with Crippen LogP contribution < -0.4 is 0 Å². The van der Waals surface area contributed by atoms with Crippen molar-refractivity contribution in [1.82, 2.24) is 14.5 Å². The van der Waals surface area contributed by atoms with Crippen LogP contribution in [-0.4, -0.2) is 46.6 Å². The second-order valence-electron chi connectivity index (χ2n) is 3.53. The molecule has 0 aliphatic carbocycles. The lowest BCUT2D eigenvalue weighted by molar-refractivity contribution is -0.140. The Kier molecular flexibility index (Phi) is 2.68. The van der Waals surface area contributed by atoms with Gasteiger partial charge in [-0.25, -0.2) is 8.42 Å². The molecule has 0 saturated carbocycles.